The molecule has 21 heavy (non-hydrogen) atoms. The fourth-order valence-electron chi connectivity index (χ4n) is 2.26. The van der Waals surface area contributed by atoms with Crippen LogP contribution in [0.5, 0.6) is 6.01 Å². The largest absolute Gasteiger partial charge is 0.465 e. The molecule has 1 aromatic heterocycles. The highest BCUT2D eigenvalue weighted by Gasteiger charge is 2.13. The molecule has 0 fully saturated rings. The summed E-state index contributed by atoms with van der Waals surface area (Å²) in [4.78, 5) is 17.2. The first-order valence-electron chi connectivity index (χ1n) is 6.92. The van der Waals surface area contributed by atoms with E-state index >= 15 is 0 Å². The monoisotopic (exact) mass is 280 g/mol. The molecule has 3 rings (SSSR count). The van der Waals surface area contributed by atoms with E-state index in [1.165, 1.54) is 4.57 Å². The Kier molecular flexibility index (Phi) is 3.44. The first kappa shape index (κ1) is 13.4. The lowest BCUT2D eigenvalue weighted by Gasteiger charge is -2.13. The van der Waals surface area contributed by atoms with E-state index in [1.54, 1.807) is 6.07 Å². The molecule has 0 amide bonds. The molecule has 2 aromatic carbocycles. The van der Waals surface area contributed by atoms with Crippen LogP contribution >= 0.6 is 0 Å². The molecule has 0 aliphatic rings. The number of nitrogens with zero attached hydrogens (tertiary/aromatic N) is 2. The lowest BCUT2D eigenvalue weighted by molar-refractivity contribution is 0.304. The van der Waals surface area contributed by atoms with Crippen molar-refractivity contribution in [1.29, 1.82) is 0 Å². The van der Waals surface area contributed by atoms with E-state index < -0.39 is 0 Å². The summed E-state index contributed by atoms with van der Waals surface area (Å²) < 4.78 is 7.08. The van der Waals surface area contributed by atoms with Crippen LogP contribution in [0.25, 0.3) is 16.6 Å². The van der Waals surface area contributed by atoms with Crippen molar-refractivity contribution < 1.29 is 4.74 Å². The van der Waals surface area contributed by atoms with Gasteiger partial charge in [0.25, 0.3) is 5.56 Å². The molecule has 0 radical (unpaired) electrons. The smallest absolute Gasteiger partial charge is 0.304 e. The zero-order chi connectivity index (χ0) is 14.8. The molecule has 0 N–H and O–H groups in total. The number of aromatic nitrogens is 2. The van der Waals surface area contributed by atoms with Gasteiger partial charge < -0.3 is 4.74 Å². The highest BCUT2D eigenvalue weighted by Crippen LogP contribution is 2.18. The number of ether oxygens (including phenoxy) is 1. The number of hydrogen-bond donors (Lipinski definition) is 0. The molecule has 0 atom stereocenters. The zero-order valence-corrected chi connectivity index (χ0v) is 12.0. The van der Waals surface area contributed by atoms with Crippen molar-refractivity contribution in [2.75, 3.05) is 6.61 Å². The summed E-state index contributed by atoms with van der Waals surface area (Å²) in [5.41, 5.74) is 2.42. The van der Waals surface area contributed by atoms with Gasteiger partial charge in [0.15, 0.2) is 0 Å². The van der Waals surface area contributed by atoms with Crippen LogP contribution in [0.3, 0.4) is 0 Å². The quantitative estimate of drug-likeness (QED) is 0.740. The first-order chi connectivity index (χ1) is 10.2. The molecule has 0 aliphatic heterocycles. The number of aryl methyl sites for hydroxylation is 1. The Morgan fingerprint density at radius 1 is 1.10 bits per heavy atom. The molecule has 0 saturated heterocycles. The van der Waals surface area contributed by atoms with E-state index in [0.29, 0.717) is 23.5 Å². The predicted octanol–water partition coefficient (Wildman–Crippen LogP) is 3.09. The molecule has 1 heterocycles. The summed E-state index contributed by atoms with van der Waals surface area (Å²) in [5.74, 6) is 0. The van der Waals surface area contributed by atoms with Gasteiger partial charge in [0.2, 0.25) is 0 Å². The maximum atomic E-state index is 12.8. The molecule has 4 nitrogen and oxygen atoms in total. The van der Waals surface area contributed by atoms with Gasteiger partial charge in [0.1, 0.15) is 0 Å². The number of rotatable bonds is 3. The van der Waals surface area contributed by atoms with Crippen molar-refractivity contribution in [3.8, 4) is 11.7 Å². The maximum absolute atomic E-state index is 12.8. The summed E-state index contributed by atoms with van der Waals surface area (Å²) in [7, 11) is 0. The lowest BCUT2D eigenvalue weighted by Crippen LogP contribution is -2.22. The second kappa shape index (κ2) is 5.40. The molecule has 4 heteroatoms. The predicted molar refractivity (Wildman–Crippen MR) is 83.2 cm³/mol. The van der Waals surface area contributed by atoms with Crippen LogP contribution in [-0.2, 0) is 0 Å². The third-order valence-electron chi connectivity index (χ3n) is 3.31. The first-order valence-corrected chi connectivity index (χ1v) is 6.92. The minimum atomic E-state index is -0.118. The normalized spacial score (nSPS) is 10.8. The van der Waals surface area contributed by atoms with E-state index in [2.05, 4.69) is 4.98 Å². The summed E-state index contributed by atoms with van der Waals surface area (Å²) in [6.07, 6.45) is 0. The Hall–Kier alpha value is -2.62. The van der Waals surface area contributed by atoms with Crippen molar-refractivity contribution in [2.45, 2.75) is 13.8 Å². The van der Waals surface area contributed by atoms with Crippen LogP contribution in [0.4, 0.5) is 0 Å². The summed E-state index contributed by atoms with van der Waals surface area (Å²) in [6.45, 7) is 4.34. The Morgan fingerprint density at radius 3 is 2.52 bits per heavy atom. The molecular weight excluding hydrogens is 264 g/mol. The number of para-hydroxylation sites is 1. The Bertz CT molecular complexity index is 836. The van der Waals surface area contributed by atoms with Crippen molar-refractivity contribution in [3.63, 3.8) is 0 Å². The van der Waals surface area contributed by atoms with E-state index in [9.17, 15) is 4.79 Å². The van der Waals surface area contributed by atoms with E-state index in [1.807, 2.05) is 56.3 Å². The van der Waals surface area contributed by atoms with Gasteiger partial charge in [-0.2, -0.15) is 4.98 Å². The molecule has 0 aliphatic carbocycles. The van der Waals surface area contributed by atoms with E-state index in [-0.39, 0.29) is 5.56 Å². The Morgan fingerprint density at radius 2 is 1.81 bits per heavy atom. The fourth-order valence-corrected chi connectivity index (χ4v) is 2.26. The summed E-state index contributed by atoms with van der Waals surface area (Å²) >= 11 is 0. The molecular formula is C17H16N2O2. The van der Waals surface area contributed by atoms with Crippen LogP contribution in [0.15, 0.2) is 53.3 Å². The van der Waals surface area contributed by atoms with Crippen molar-refractivity contribution in [3.05, 3.63) is 64.4 Å². The van der Waals surface area contributed by atoms with Crippen molar-refractivity contribution >= 4 is 10.9 Å². The standard InChI is InChI=1S/C17H16N2O2/c1-3-21-17-18-15-7-5-4-6-14(15)16(20)19(17)13-10-8-12(2)9-11-13/h4-11H,3H2,1-2H3. The molecule has 0 spiro atoms. The third-order valence-corrected chi connectivity index (χ3v) is 3.31. The third kappa shape index (κ3) is 2.40. The molecule has 0 saturated carbocycles. The lowest BCUT2D eigenvalue weighted by atomic mass is 10.2. The second-order valence-electron chi connectivity index (χ2n) is 4.82. The van der Waals surface area contributed by atoms with Crippen LogP contribution in [0, 0.1) is 6.92 Å². The Balaban J connectivity index is 2.33. The van der Waals surface area contributed by atoms with Crippen LogP contribution in [0.2, 0.25) is 0 Å². The van der Waals surface area contributed by atoms with E-state index in [0.717, 1.165) is 11.3 Å². The van der Waals surface area contributed by atoms with Crippen molar-refractivity contribution in [1.82, 2.24) is 9.55 Å². The molecule has 3 aromatic rings. The van der Waals surface area contributed by atoms with Gasteiger partial charge in [-0.3, -0.25) is 4.79 Å². The zero-order valence-electron chi connectivity index (χ0n) is 12.0. The van der Waals surface area contributed by atoms with E-state index in [4.69, 9.17) is 4.74 Å². The maximum Gasteiger partial charge on any atom is 0.304 e. The average Bonchev–Trinajstić information content (AvgIpc) is 2.49. The van der Waals surface area contributed by atoms with Crippen LogP contribution < -0.4 is 10.3 Å². The van der Waals surface area contributed by atoms with Gasteiger partial charge in [-0.05, 0) is 38.1 Å². The topological polar surface area (TPSA) is 44.1 Å². The number of hydrogen-bond acceptors (Lipinski definition) is 3. The van der Waals surface area contributed by atoms with Gasteiger partial charge in [-0.15, -0.1) is 0 Å². The van der Waals surface area contributed by atoms with Gasteiger partial charge >= 0.3 is 6.01 Å². The SMILES string of the molecule is CCOc1nc2ccccc2c(=O)n1-c1ccc(C)cc1. The van der Waals surface area contributed by atoms with Gasteiger partial charge in [-0.1, -0.05) is 29.8 Å². The Labute approximate surface area is 122 Å². The van der Waals surface area contributed by atoms with Gasteiger partial charge in [0.05, 0.1) is 23.2 Å². The molecule has 0 bridgehead atoms. The van der Waals surface area contributed by atoms with Gasteiger partial charge in [0, 0.05) is 0 Å². The number of fused-ring (bicyclic) bond motifs is 1. The average molecular weight is 280 g/mol. The summed E-state index contributed by atoms with van der Waals surface area (Å²) in [6, 6.07) is 15.4. The minimum absolute atomic E-state index is 0.118. The van der Waals surface area contributed by atoms with Crippen LogP contribution in [-0.4, -0.2) is 16.2 Å². The minimum Gasteiger partial charge on any atom is -0.465 e. The number of benzene rings is 2. The molecule has 0 unspecified atom stereocenters. The fraction of sp³-hybridized carbons (Fsp3) is 0.176. The van der Waals surface area contributed by atoms with Crippen LogP contribution in [0.1, 0.15) is 12.5 Å². The van der Waals surface area contributed by atoms with Gasteiger partial charge in [-0.25, -0.2) is 4.57 Å². The summed E-state index contributed by atoms with van der Waals surface area (Å²) in [5, 5.41) is 0.585. The molecule has 106 valence electrons. The second-order valence-corrected chi connectivity index (χ2v) is 4.82. The highest BCUT2D eigenvalue weighted by molar-refractivity contribution is 5.78. The highest BCUT2D eigenvalue weighted by atomic mass is 16.5. The van der Waals surface area contributed by atoms with Crippen molar-refractivity contribution in [2.24, 2.45) is 0 Å².